The number of ether oxygens (including phenoxy) is 1. The Kier molecular flexibility index (Phi) is 4.80. The summed E-state index contributed by atoms with van der Waals surface area (Å²) in [6.45, 7) is 1.71. The largest absolute Gasteiger partial charge is 0.484 e. The minimum Gasteiger partial charge on any atom is -0.484 e. The van der Waals surface area contributed by atoms with Crippen LogP contribution in [0.15, 0.2) is 33.5 Å². The second-order valence-corrected chi connectivity index (χ2v) is 8.29. The summed E-state index contributed by atoms with van der Waals surface area (Å²) in [6.07, 6.45) is 1.13. The molecule has 1 saturated heterocycles. The molecule has 1 aliphatic rings. The molecule has 25 heavy (non-hydrogen) atoms. The van der Waals surface area contributed by atoms with Crippen LogP contribution in [0.1, 0.15) is 18.9 Å². The van der Waals surface area contributed by atoms with E-state index in [9.17, 15) is 18.0 Å². The first kappa shape index (κ1) is 17.5. The third kappa shape index (κ3) is 4.19. The van der Waals surface area contributed by atoms with Crippen molar-refractivity contribution in [2.24, 2.45) is 0 Å². The Labute approximate surface area is 144 Å². The van der Waals surface area contributed by atoms with Crippen LogP contribution in [0.5, 0.6) is 5.75 Å². The van der Waals surface area contributed by atoms with Gasteiger partial charge in [0.1, 0.15) is 11.3 Å². The SMILES string of the molecule is CCc1cc(=O)oc2cc(OCC(=O)N[C@H]3CCS(=O)(=O)C3)ccc12. The van der Waals surface area contributed by atoms with Gasteiger partial charge in [-0.15, -0.1) is 0 Å². The van der Waals surface area contributed by atoms with Gasteiger partial charge in [-0.2, -0.15) is 0 Å². The highest BCUT2D eigenvalue weighted by Crippen LogP contribution is 2.23. The van der Waals surface area contributed by atoms with E-state index in [1.165, 1.54) is 6.07 Å². The fourth-order valence-corrected chi connectivity index (χ4v) is 4.59. The van der Waals surface area contributed by atoms with Crippen molar-refractivity contribution >= 4 is 26.7 Å². The molecule has 0 unspecified atom stereocenters. The maximum atomic E-state index is 11.9. The highest BCUT2D eigenvalue weighted by Gasteiger charge is 2.28. The standard InChI is InChI=1S/C17H19NO6S/c1-2-11-7-17(20)24-15-8-13(3-4-14(11)15)23-9-16(19)18-12-5-6-25(21,22)10-12/h3-4,7-8,12H,2,5-6,9-10H2,1H3,(H,18,19)/t12-/m0/s1. The summed E-state index contributed by atoms with van der Waals surface area (Å²) in [7, 11) is -3.04. The van der Waals surface area contributed by atoms with E-state index in [-0.39, 0.29) is 30.1 Å². The zero-order chi connectivity index (χ0) is 18.0. The van der Waals surface area contributed by atoms with Crippen LogP contribution in [0.3, 0.4) is 0 Å². The van der Waals surface area contributed by atoms with Crippen LogP contribution in [0.25, 0.3) is 11.0 Å². The molecule has 2 heterocycles. The summed E-state index contributed by atoms with van der Waals surface area (Å²) in [4.78, 5) is 23.5. The van der Waals surface area contributed by atoms with E-state index in [2.05, 4.69) is 5.32 Å². The molecule has 1 fully saturated rings. The van der Waals surface area contributed by atoms with E-state index in [0.717, 1.165) is 10.9 Å². The predicted octanol–water partition coefficient (Wildman–Crippen LogP) is 1.04. The number of sulfone groups is 1. The first-order valence-corrected chi connectivity index (χ1v) is 9.88. The van der Waals surface area contributed by atoms with Crippen LogP contribution in [0, 0.1) is 0 Å². The molecule has 8 heteroatoms. The second-order valence-electron chi connectivity index (χ2n) is 6.06. The number of rotatable bonds is 5. The fourth-order valence-electron chi connectivity index (χ4n) is 2.92. The smallest absolute Gasteiger partial charge is 0.336 e. The number of nitrogens with one attached hydrogen (secondary N) is 1. The third-order valence-corrected chi connectivity index (χ3v) is 5.92. The van der Waals surface area contributed by atoms with Gasteiger partial charge < -0.3 is 14.5 Å². The number of carbonyl (C=O) groups excluding carboxylic acids is 1. The molecule has 2 aromatic rings. The second kappa shape index (κ2) is 6.87. The lowest BCUT2D eigenvalue weighted by Gasteiger charge is -2.12. The Morgan fingerprint density at radius 3 is 2.84 bits per heavy atom. The number of fused-ring (bicyclic) bond motifs is 1. The molecule has 7 nitrogen and oxygen atoms in total. The Balaban J connectivity index is 1.65. The van der Waals surface area contributed by atoms with Gasteiger partial charge >= 0.3 is 5.63 Å². The normalized spacial score (nSPS) is 19.0. The van der Waals surface area contributed by atoms with Crippen LogP contribution >= 0.6 is 0 Å². The average Bonchev–Trinajstić information content (AvgIpc) is 2.90. The van der Waals surface area contributed by atoms with Crippen molar-refractivity contribution in [2.75, 3.05) is 18.1 Å². The number of hydrogen-bond acceptors (Lipinski definition) is 6. The summed E-state index contributed by atoms with van der Waals surface area (Å²) in [5.41, 5.74) is 0.865. The summed E-state index contributed by atoms with van der Waals surface area (Å²) >= 11 is 0. The molecule has 0 spiro atoms. The molecular weight excluding hydrogens is 346 g/mol. The quantitative estimate of drug-likeness (QED) is 0.794. The zero-order valence-corrected chi connectivity index (χ0v) is 14.6. The topological polar surface area (TPSA) is 103 Å². The van der Waals surface area contributed by atoms with E-state index in [1.807, 2.05) is 6.92 Å². The number of aryl methyl sites for hydroxylation is 1. The highest BCUT2D eigenvalue weighted by molar-refractivity contribution is 7.91. The Morgan fingerprint density at radius 1 is 1.36 bits per heavy atom. The predicted molar refractivity (Wildman–Crippen MR) is 92.6 cm³/mol. The molecular formula is C17H19NO6S. The van der Waals surface area contributed by atoms with Crippen molar-refractivity contribution in [3.8, 4) is 5.75 Å². The number of amides is 1. The molecule has 1 amide bonds. The molecule has 0 saturated carbocycles. The minimum absolute atomic E-state index is 0.0281. The van der Waals surface area contributed by atoms with Gasteiger partial charge in [0, 0.05) is 23.6 Å². The molecule has 0 bridgehead atoms. The van der Waals surface area contributed by atoms with Crippen LogP contribution in [0.2, 0.25) is 0 Å². The molecule has 3 rings (SSSR count). The molecule has 1 aromatic heterocycles. The van der Waals surface area contributed by atoms with Crippen molar-refractivity contribution < 1.29 is 22.4 Å². The summed E-state index contributed by atoms with van der Waals surface area (Å²) in [5, 5.41) is 3.48. The van der Waals surface area contributed by atoms with Gasteiger partial charge in [0.15, 0.2) is 16.4 Å². The van der Waals surface area contributed by atoms with Gasteiger partial charge in [-0.3, -0.25) is 4.79 Å². The van der Waals surface area contributed by atoms with Gasteiger partial charge in [0.25, 0.3) is 5.91 Å². The number of carbonyl (C=O) groups is 1. The monoisotopic (exact) mass is 365 g/mol. The maximum absolute atomic E-state index is 11.9. The fraction of sp³-hybridized carbons (Fsp3) is 0.412. The highest BCUT2D eigenvalue weighted by atomic mass is 32.2. The summed E-state index contributed by atoms with van der Waals surface area (Å²) < 4.78 is 33.4. The molecule has 134 valence electrons. The zero-order valence-electron chi connectivity index (χ0n) is 13.8. The molecule has 1 aromatic carbocycles. The van der Waals surface area contributed by atoms with Gasteiger partial charge in [0.05, 0.1) is 11.5 Å². The lowest BCUT2D eigenvalue weighted by Crippen LogP contribution is -2.38. The maximum Gasteiger partial charge on any atom is 0.336 e. The van der Waals surface area contributed by atoms with E-state index < -0.39 is 15.5 Å². The van der Waals surface area contributed by atoms with Gasteiger partial charge in [-0.1, -0.05) is 6.92 Å². The Morgan fingerprint density at radius 2 is 2.16 bits per heavy atom. The van der Waals surface area contributed by atoms with Crippen LogP contribution in [-0.2, 0) is 21.1 Å². The van der Waals surface area contributed by atoms with Crippen molar-refractivity contribution in [2.45, 2.75) is 25.8 Å². The van der Waals surface area contributed by atoms with E-state index in [4.69, 9.17) is 9.15 Å². The Hall–Kier alpha value is -2.35. The molecule has 1 atom stereocenters. The van der Waals surface area contributed by atoms with Crippen LogP contribution in [-0.4, -0.2) is 38.5 Å². The summed E-state index contributed by atoms with van der Waals surface area (Å²) in [5.74, 6) is 0.0890. The van der Waals surface area contributed by atoms with Crippen molar-refractivity contribution in [3.05, 3.63) is 40.2 Å². The van der Waals surface area contributed by atoms with Crippen LogP contribution < -0.4 is 15.7 Å². The average molecular weight is 365 g/mol. The van der Waals surface area contributed by atoms with E-state index in [0.29, 0.717) is 24.2 Å². The van der Waals surface area contributed by atoms with Gasteiger partial charge in [-0.25, -0.2) is 13.2 Å². The first-order chi connectivity index (χ1) is 11.9. The molecule has 0 radical (unpaired) electrons. The lowest BCUT2D eigenvalue weighted by molar-refractivity contribution is -0.123. The number of benzene rings is 1. The van der Waals surface area contributed by atoms with Crippen LogP contribution in [0.4, 0.5) is 0 Å². The third-order valence-electron chi connectivity index (χ3n) is 4.15. The van der Waals surface area contributed by atoms with E-state index >= 15 is 0 Å². The Bertz CT molecular complexity index is 963. The first-order valence-electron chi connectivity index (χ1n) is 8.05. The van der Waals surface area contributed by atoms with Gasteiger partial charge in [-0.05, 0) is 30.5 Å². The van der Waals surface area contributed by atoms with Crippen molar-refractivity contribution in [3.63, 3.8) is 0 Å². The minimum atomic E-state index is -3.04. The lowest BCUT2D eigenvalue weighted by atomic mass is 10.1. The molecule has 0 aliphatic carbocycles. The molecule has 1 N–H and O–H groups in total. The molecule has 1 aliphatic heterocycles. The summed E-state index contributed by atoms with van der Waals surface area (Å²) in [6, 6.07) is 6.17. The van der Waals surface area contributed by atoms with Crippen molar-refractivity contribution in [1.82, 2.24) is 5.32 Å². The van der Waals surface area contributed by atoms with Crippen molar-refractivity contribution in [1.29, 1.82) is 0 Å². The van der Waals surface area contributed by atoms with Gasteiger partial charge in [0.2, 0.25) is 0 Å². The van der Waals surface area contributed by atoms with E-state index in [1.54, 1.807) is 18.2 Å². The number of hydrogen-bond donors (Lipinski definition) is 1.